The van der Waals surface area contributed by atoms with Crippen LogP contribution in [0.1, 0.15) is 25.2 Å². The van der Waals surface area contributed by atoms with E-state index >= 15 is 0 Å². The molecule has 0 aromatic carbocycles. The summed E-state index contributed by atoms with van der Waals surface area (Å²) in [5.41, 5.74) is 0.982. The molecule has 0 unspecified atom stereocenters. The minimum Gasteiger partial charge on any atom is -0.384 e. The summed E-state index contributed by atoms with van der Waals surface area (Å²) in [5.74, 6) is 0. The van der Waals surface area contributed by atoms with Gasteiger partial charge in [-0.3, -0.25) is 4.68 Å². The summed E-state index contributed by atoms with van der Waals surface area (Å²) < 4.78 is 1.70. The quantitative estimate of drug-likeness (QED) is 0.654. The van der Waals surface area contributed by atoms with E-state index < -0.39 is 5.60 Å². The molecule has 0 aliphatic heterocycles. The Kier molecular flexibility index (Phi) is 1.76. The van der Waals surface area contributed by atoms with Crippen molar-refractivity contribution in [2.24, 2.45) is 7.05 Å². The number of nitrogens with zero attached hydrogens (tertiary/aromatic N) is 2. The van der Waals surface area contributed by atoms with Gasteiger partial charge in [0.2, 0.25) is 0 Å². The van der Waals surface area contributed by atoms with Crippen LogP contribution in [-0.4, -0.2) is 14.9 Å². The second kappa shape index (κ2) is 2.34. The summed E-state index contributed by atoms with van der Waals surface area (Å²) in [7, 11) is 1.83. The van der Waals surface area contributed by atoms with E-state index in [1.54, 1.807) is 18.5 Å². The molecule has 0 fully saturated rings. The van der Waals surface area contributed by atoms with Crippen LogP contribution >= 0.6 is 0 Å². The van der Waals surface area contributed by atoms with E-state index in [1.807, 2.05) is 20.0 Å². The van der Waals surface area contributed by atoms with E-state index in [4.69, 9.17) is 0 Å². The molecule has 1 rings (SSSR count). The predicted octanol–water partition coefficient (Wildman–Crippen LogP) is 0.956. The number of rotatable bonds is 1. The first-order valence-corrected chi connectivity index (χ1v) is 3.65. The highest BCUT2D eigenvalue weighted by molar-refractivity contribution is 5.14. The van der Waals surface area contributed by atoms with Crippen molar-refractivity contribution in [2.45, 2.75) is 26.4 Å². The molecule has 0 atom stereocenters. The van der Waals surface area contributed by atoms with Gasteiger partial charge in [-0.25, -0.2) is 0 Å². The van der Waals surface area contributed by atoms with Gasteiger partial charge in [0.25, 0.3) is 0 Å². The lowest BCUT2D eigenvalue weighted by molar-refractivity contribution is 0.0696. The summed E-state index contributed by atoms with van der Waals surface area (Å²) in [5, 5.41) is 13.8. The predicted molar refractivity (Wildman–Crippen MR) is 43.2 cm³/mol. The fourth-order valence-electron chi connectivity index (χ4n) is 1.18. The summed E-state index contributed by atoms with van der Waals surface area (Å²) in [6.07, 6.45) is 0. The highest BCUT2D eigenvalue weighted by atomic mass is 16.3. The molecule has 0 saturated carbocycles. The molecular weight excluding hydrogens is 140 g/mol. The van der Waals surface area contributed by atoms with Crippen LogP contribution < -0.4 is 0 Å². The van der Waals surface area contributed by atoms with E-state index in [0.29, 0.717) is 0 Å². The van der Waals surface area contributed by atoms with E-state index in [0.717, 1.165) is 11.4 Å². The molecule has 0 aliphatic rings. The van der Waals surface area contributed by atoms with Gasteiger partial charge < -0.3 is 5.11 Å². The van der Waals surface area contributed by atoms with Crippen molar-refractivity contribution in [3.8, 4) is 0 Å². The van der Waals surface area contributed by atoms with Crippen LogP contribution in [0.5, 0.6) is 0 Å². The molecule has 1 aromatic rings. The Labute approximate surface area is 66.7 Å². The van der Waals surface area contributed by atoms with Gasteiger partial charge in [0.1, 0.15) is 5.60 Å². The highest BCUT2D eigenvalue weighted by Gasteiger charge is 2.20. The van der Waals surface area contributed by atoms with Crippen LogP contribution in [0, 0.1) is 6.92 Å². The molecule has 3 nitrogen and oxygen atoms in total. The molecule has 0 saturated heterocycles. The molecule has 1 heterocycles. The van der Waals surface area contributed by atoms with Crippen LogP contribution in [0.4, 0.5) is 0 Å². The van der Waals surface area contributed by atoms with Crippen molar-refractivity contribution in [2.75, 3.05) is 0 Å². The van der Waals surface area contributed by atoms with E-state index in [-0.39, 0.29) is 0 Å². The van der Waals surface area contributed by atoms with Gasteiger partial charge in [-0.05, 0) is 26.8 Å². The molecule has 0 bridgehead atoms. The monoisotopic (exact) mass is 154 g/mol. The summed E-state index contributed by atoms with van der Waals surface area (Å²) in [6.45, 7) is 5.42. The lowest BCUT2D eigenvalue weighted by Gasteiger charge is -2.16. The van der Waals surface area contributed by atoms with Gasteiger partial charge in [0.05, 0.1) is 11.4 Å². The topological polar surface area (TPSA) is 38.0 Å². The summed E-state index contributed by atoms with van der Waals surface area (Å²) in [6, 6.07) is 1.89. The Morgan fingerprint density at radius 3 is 2.27 bits per heavy atom. The second-order valence-corrected chi connectivity index (χ2v) is 3.35. The molecule has 3 heteroatoms. The van der Waals surface area contributed by atoms with Gasteiger partial charge in [0, 0.05) is 7.05 Å². The zero-order valence-electron chi connectivity index (χ0n) is 7.42. The first-order valence-electron chi connectivity index (χ1n) is 3.65. The van der Waals surface area contributed by atoms with Gasteiger partial charge in [0.15, 0.2) is 0 Å². The lowest BCUT2D eigenvalue weighted by atomic mass is 10.1. The van der Waals surface area contributed by atoms with E-state index in [2.05, 4.69) is 5.10 Å². The molecule has 62 valence electrons. The largest absolute Gasteiger partial charge is 0.384 e. The Morgan fingerprint density at radius 1 is 1.55 bits per heavy atom. The van der Waals surface area contributed by atoms with Gasteiger partial charge >= 0.3 is 0 Å². The summed E-state index contributed by atoms with van der Waals surface area (Å²) in [4.78, 5) is 0. The first-order chi connectivity index (χ1) is 4.91. The normalized spacial score (nSPS) is 12.1. The van der Waals surface area contributed by atoms with Crippen molar-refractivity contribution in [3.63, 3.8) is 0 Å². The number of hydrogen-bond donors (Lipinski definition) is 1. The standard InChI is InChI=1S/C8H14N2O/c1-6-5-7(8(2,3)11)10(4)9-6/h5,11H,1-4H3. The maximum absolute atomic E-state index is 9.62. The van der Waals surface area contributed by atoms with Gasteiger partial charge in [-0.1, -0.05) is 0 Å². The third-order valence-electron chi connectivity index (χ3n) is 1.63. The van der Waals surface area contributed by atoms with Gasteiger partial charge in [-0.2, -0.15) is 5.10 Å². The third kappa shape index (κ3) is 1.60. The fourth-order valence-corrected chi connectivity index (χ4v) is 1.18. The Bertz CT molecular complexity index is 258. The number of aromatic nitrogens is 2. The minimum absolute atomic E-state index is 0.796. The average Bonchev–Trinajstić information content (AvgIpc) is 2.08. The van der Waals surface area contributed by atoms with Crippen molar-refractivity contribution < 1.29 is 5.11 Å². The smallest absolute Gasteiger partial charge is 0.101 e. The van der Waals surface area contributed by atoms with Crippen LogP contribution in [0.3, 0.4) is 0 Å². The lowest BCUT2D eigenvalue weighted by Crippen LogP contribution is -2.19. The second-order valence-electron chi connectivity index (χ2n) is 3.35. The maximum atomic E-state index is 9.62. The Hall–Kier alpha value is -0.830. The van der Waals surface area contributed by atoms with Gasteiger partial charge in [-0.15, -0.1) is 0 Å². The summed E-state index contributed by atoms with van der Waals surface area (Å²) >= 11 is 0. The molecule has 0 spiro atoms. The minimum atomic E-state index is -0.796. The van der Waals surface area contributed by atoms with Crippen LogP contribution in [0.25, 0.3) is 0 Å². The van der Waals surface area contributed by atoms with Crippen LogP contribution in [0.2, 0.25) is 0 Å². The number of hydrogen-bond acceptors (Lipinski definition) is 2. The SMILES string of the molecule is Cc1cc(C(C)(C)O)n(C)n1. The first kappa shape index (κ1) is 8.27. The fraction of sp³-hybridized carbons (Fsp3) is 0.625. The number of aliphatic hydroxyl groups is 1. The highest BCUT2D eigenvalue weighted by Crippen LogP contribution is 2.18. The number of aryl methyl sites for hydroxylation is 2. The third-order valence-corrected chi connectivity index (χ3v) is 1.63. The van der Waals surface area contributed by atoms with E-state index in [9.17, 15) is 5.11 Å². The molecule has 0 aliphatic carbocycles. The molecule has 0 amide bonds. The zero-order chi connectivity index (χ0) is 8.65. The van der Waals surface area contributed by atoms with E-state index in [1.165, 1.54) is 0 Å². The zero-order valence-corrected chi connectivity index (χ0v) is 7.42. The molecule has 1 aromatic heterocycles. The Balaban J connectivity index is 3.13. The maximum Gasteiger partial charge on any atom is 0.101 e. The van der Waals surface area contributed by atoms with Crippen molar-refractivity contribution in [1.82, 2.24) is 9.78 Å². The average molecular weight is 154 g/mol. The molecule has 0 radical (unpaired) electrons. The van der Waals surface area contributed by atoms with Crippen LogP contribution in [0.15, 0.2) is 6.07 Å². The van der Waals surface area contributed by atoms with Crippen LogP contribution in [-0.2, 0) is 12.6 Å². The molecule has 1 N–H and O–H groups in total. The molecular formula is C8H14N2O. The van der Waals surface area contributed by atoms with Crippen molar-refractivity contribution in [1.29, 1.82) is 0 Å². The van der Waals surface area contributed by atoms with Crippen molar-refractivity contribution >= 4 is 0 Å². The van der Waals surface area contributed by atoms with Crippen molar-refractivity contribution in [3.05, 3.63) is 17.5 Å². The molecule has 11 heavy (non-hydrogen) atoms. The Morgan fingerprint density at radius 2 is 2.09 bits per heavy atom.